The van der Waals surface area contributed by atoms with Crippen LogP contribution in [0.5, 0.6) is 0 Å². The Morgan fingerprint density at radius 2 is 1.33 bits per heavy atom. The number of imidazole rings is 1. The van der Waals surface area contributed by atoms with Crippen molar-refractivity contribution in [2.75, 3.05) is 0 Å². The highest BCUT2D eigenvalue weighted by atomic mass is 16.3. The molecule has 0 N–H and O–H groups in total. The van der Waals surface area contributed by atoms with Crippen molar-refractivity contribution in [1.29, 1.82) is 0 Å². The van der Waals surface area contributed by atoms with Crippen LogP contribution in [0.1, 0.15) is 30.6 Å². The van der Waals surface area contributed by atoms with Crippen molar-refractivity contribution >= 4 is 77.3 Å². The van der Waals surface area contributed by atoms with Gasteiger partial charge in [-0.3, -0.25) is 4.40 Å². The lowest BCUT2D eigenvalue weighted by atomic mass is 9.93. The Bertz CT molecular complexity index is 3010. The van der Waals surface area contributed by atoms with Gasteiger partial charge in [-0.25, -0.2) is 4.98 Å². The fourth-order valence-corrected chi connectivity index (χ4v) is 8.09. The van der Waals surface area contributed by atoms with E-state index in [9.17, 15) is 0 Å². The summed E-state index contributed by atoms with van der Waals surface area (Å²) in [4.78, 5) is 5.16. The van der Waals surface area contributed by atoms with E-state index in [2.05, 4.69) is 133 Å². The predicted molar refractivity (Wildman–Crippen MR) is 198 cm³/mol. The van der Waals surface area contributed by atoms with E-state index in [4.69, 9.17) is 13.8 Å². The van der Waals surface area contributed by atoms with Crippen LogP contribution in [0.15, 0.2) is 136 Å². The minimum atomic E-state index is 0.364. The number of furan rings is 2. The fourth-order valence-electron chi connectivity index (χ4n) is 8.09. The molecule has 0 radical (unpaired) electrons. The molecule has 1 aliphatic rings. The molecule has 0 spiro atoms. The first-order valence-electron chi connectivity index (χ1n) is 16.6. The summed E-state index contributed by atoms with van der Waals surface area (Å²) in [5.41, 5.74) is 12.6. The van der Waals surface area contributed by atoms with Gasteiger partial charge in [0.2, 0.25) is 0 Å². The van der Waals surface area contributed by atoms with Gasteiger partial charge in [-0.1, -0.05) is 97.9 Å². The van der Waals surface area contributed by atoms with Crippen LogP contribution in [0.25, 0.3) is 99.6 Å². The molecule has 0 aliphatic heterocycles. The van der Waals surface area contributed by atoms with Gasteiger partial charge in [0.15, 0.2) is 0 Å². The molecule has 226 valence electrons. The zero-order valence-electron chi connectivity index (χ0n) is 26.2. The van der Waals surface area contributed by atoms with Crippen LogP contribution in [-0.4, -0.2) is 9.38 Å². The second-order valence-corrected chi connectivity index (χ2v) is 13.1. The molecule has 1 atom stereocenters. The van der Waals surface area contributed by atoms with Crippen LogP contribution < -0.4 is 0 Å². The first-order chi connectivity index (χ1) is 23.7. The third-order valence-electron chi connectivity index (χ3n) is 10.4. The average molecular weight is 617 g/mol. The van der Waals surface area contributed by atoms with E-state index < -0.39 is 0 Å². The van der Waals surface area contributed by atoms with Crippen LogP contribution in [0.4, 0.5) is 0 Å². The summed E-state index contributed by atoms with van der Waals surface area (Å²) in [7, 11) is 0. The SMILES string of the molecule is CC1CC=Cc2c1oc1c(-c3ccc4c(c3)c3cc(-c5cccc6c5oc5ccccc56)ccc3c3nc5ccccc5n43)cccc21. The lowest BCUT2D eigenvalue weighted by molar-refractivity contribution is 0.504. The van der Waals surface area contributed by atoms with Crippen LogP contribution in [0.3, 0.4) is 0 Å². The van der Waals surface area contributed by atoms with E-state index in [0.717, 1.165) is 94.9 Å². The third-order valence-corrected chi connectivity index (χ3v) is 10.4. The lowest BCUT2D eigenvalue weighted by Crippen LogP contribution is -1.95. The number of aromatic nitrogens is 2. The van der Waals surface area contributed by atoms with Crippen LogP contribution in [-0.2, 0) is 0 Å². The summed E-state index contributed by atoms with van der Waals surface area (Å²) in [5.74, 6) is 1.45. The molecule has 0 fully saturated rings. The van der Waals surface area contributed by atoms with E-state index >= 15 is 0 Å². The molecule has 4 nitrogen and oxygen atoms in total. The third kappa shape index (κ3) is 3.46. The van der Waals surface area contributed by atoms with Crippen molar-refractivity contribution in [1.82, 2.24) is 9.38 Å². The molecule has 4 heterocycles. The van der Waals surface area contributed by atoms with Gasteiger partial charge in [0.05, 0.1) is 16.6 Å². The highest BCUT2D eigenvalue weighted by Gasteiger charge is 2.23. The second kappa shape index (κ2) is 9.46. The molecule has 0 saturated heterocycles. The smallest absolute Gasteiger partial charge is 0.146 e. The minimum absolute atomic E-state index is 0.364. The quantitative estimate of drug-likeness (QED) is 0.182. The number of hydrogen-bond donors (Lipinski definition) is 0. The topological polar surface area (TPSA) is 43.6 Å². The molecule has 11 rings (SSSR count). The van der Waals surface area contributed by atoms with Crippen LogP contribution in [0, 0.1) is 0 Å². The minimum Gasteiger partial charge on any atom is -0.459 e. The standard InChI is InChI=1S/C44H28N2O2/c1-25-9-6-13-32-33-15-8-12-29(43(33)48-41(25)32)27-20-22-38-36(24-27)35-23-26(19-21-34(35)44-45-37-16-3-4-17-39(37)46(38)44)28-11-7-14-31-30-10-2-5-18-40(30)47-42(28)31/h2-8,10-25H,9H2,1H3. The molecule has 10 aromatic rings. The molecule has 1 aliphatic carbocycles. The normalized spacial score (nSPS) is 14.8. The molecule has 4 aromatic heterocycles. The van der Waals surface area contributed by atoms with Crippen LogP contribution in [0.2, 0.25) is 0 Å². The maximum absolute atomic E-state index is 6.67. The molecular weight excluding hydrogens is 588 g/mol. The largest absolute Gasteiger partial charge is 0.459 e. The Labute approximate surface area is 275 Å². The first-order valence-corrected chi connectivity index (χ1v) is 16.6. The lowest BCUT2D eigenvalue weighted by Gasteiger charge is -2.13. The van der Waals surface area contributed by atoms with Crippen molar-refractivity contribution in [2.45, 2.75) is 19.3 Å². The van der Waals surface area contributed by atoms with Gasteiger partial charge >= 0.3 is 0 Å². The summed E-state index contributed by atoms with van der Waals surface area (Å²) in [6.07, 6.45) is 5.49. The molecule has 6 aromatic carbocycles. The number of rotatable bonds is 2. The zero-order valence-corrected chi connectivity index (χ0v) is 26.2. The summed E-state index contributed by atoms with van der Waals surface area (Å²) in [6.45, 7) is 2.25. The summed E-state index contributed by atoms with van der Waals surface area (Å²) < 4.78 is 15.5. The number of allylic oxidation sites excluding steroid dienone is 1. The van der Waals surface area contributed by atoms with Crippen molar-refractivity contribution in [3.8, 4) is 22.3 Å². The van der Waals surface area contributed by atoms with Gasteiger partial charge in [-0.05, 0) is 65.4 Å². The first kappa shape index (κ1) is 26.0. The van der Waals surface area contributed by atoms with Gasteiger partial charge in [0.25, 0.3) is 0 Å². The van der Waals surface area contributed by atoms with Crippen LogP contribution >= 0.6 is 0 Å². The van der Waals surface area contributed by atoms with Crippen molar-refractivity contribution in [3.63, 3.8) is 0 Å². The Kier molecular flexibility index (Phi) is 5.12. The molecule has 0 bridgehead atoms. The van der Waals surface area contributed by atoms with Crippen molar-refractivity contribution < 1.29 is 8.83 Å². The number of nitrogens with zero attached hydrogens (tertiary/aromatic N) is 2. The van der Waals surface area contributed by atoms with E-state index in [1.54, 1.807) is 0 Å². The van der Waals surface area contributed by atoms with Gasteiger partial charge in [0, 0.05) is 49.5 Å². The molecule has 0 saturated carbocycles. The zero-order chi connectivity index (χ0) is 31.5. The number of pyridine rings is 1. The Balaban J connectivity index is 1.22. The molecule has 48 heavy (non-hydrogen) atoms. The molecule has 1 unspecified atom stereocenters. The summed E-state index contributed by atoms with van der Waals surface area (Å²) in [6, 6.07) is 43.2. The fraction of sp³-hybridized carbons (Fsp3) is 0.0682. The predicted octanol–water partition coefficient (Wildman–Crippen LogP) is 12.3. The maximum Gasteiger partial charge on any atom is 0.146 e. The molecular formula is C44H28N2O2. The van der Waals surface area contributed by atoms with Gasteiger partial charge < -0.3 is 8.83 Å². The van der Waals surface area contributed by atoms with Gasteiger partial charge in [-0.2, -0.15) is 0 Å². The van der Waals surface area contributed by atoms with Crippen molar-refractivity contribution in [2.24, 2.45) is 0 Å². The molecule has 4 heteroatoms. The molecule has 0 amide bonds. The highest BCUT2D eigenvalue weighted by molar-refractivity contribution is 6.17. The van der Waals surface area contributed by atoms with E-state index in [-0.39, 0.29) is 0 Å². The Hall–Kier alpha value is -6.13. The number of benzene rings is 6. The summed E-state index contributed by atoms with van der Waals surface area (Å²) in [5, 5.41) is 6.87. The Morgan fingerprint density at radius 1 is 0.604 bits per heavy atom. The number of para-hydroxylation sites is 5. The van der Waals surface area contributed by atoms with Crippen molar-refractivity contribution in [3.05, 3.63) is 139 Å². The monoisotopic (exact) mass is 616 g/mol. The summed E-state index contributed by atoms with van der Waals surface area (Å²) >= 11 is 0. The van der Waals surface area contributed by atoms with E-state index in [1.807, 2.05) is 12.1 Å². The number of hydrogen-bond acceptors (Lipinski definition) is 3. The number of fused-ring (bicyclic) bond motifs is 14. The maximum atomic E-state index is 6.67. The van der Waals surface area contributed by atoms with E-state index in [0.29, 0.717) is 5.92 Å². The van der Waals surface area contributed by atoms with Gasteiger partial charge in [0.1, 0.15) is 28.2 Å². The highest BCUT2D eigenvalue weighted by Crippen LogP contribution is 2.43. The van der Waals surface area contributed by atoms with Gasteiger partial charge in [-0.15, -0.1) is 0 Å². The average Bonchev–Trinajstić information content (AvgIpc) is 3.84. The van der Waals surface area contributed by atoms with E-state index in [1.165, 1.54) is 16.3 Å². The Morgan fingerprint density at radius 3 is 2.23 bits per heavy atom. The second-order valence-electron chi connectivity index (χ2n) is 13.1.